The van der Waals surface area contributed by atoms with Gasteiger partial charge in [0.05, 0.1) is 5.75 Å². The molecule has 22 heavy (non-hydrogen) atoms. The van der Waals surface area contributed by atoms with Gasteiger partial charge in [-0.2, -0.15) is 0 Å². The van der Waals surface area contributed by atoms with Gasteiger partial charge in [-0.15, -0.1) is 11.8 Å². The van der Waals surface area contributed by atoms with Crippen molar-refractivity contribution in [3.05, 3.63) is 65.2 Å². The molecule has 0 unspecified atom stereocenters. The molecule has 0 saturated carbocycles. The third kappa shape index (κ3) is 6.12. The van der Waals surface area contributed by atoms with Crippen LogP contribution >= 0.6 is 23.4 Å². The van der Waals surface area contributed by atoms with Crippen molar-refractivity contribution in [3.8, 4) is 0 Å². The zero-order valence-corrected chi connectivity index (χ0v) is 14.2. The number of rotatable bonds is 7. The quantitative estimate of drug-likeness (QED) is 0.752. The Kier molecular flexibility index (Phi) is 6.81. The molecule has 0 aliphatic rings. The number of hydrogen-bond donors (Lipinski definition) is 1. The Morgan fingerprint density at radius 1 is 1.14 bits per heavy atom. The Labute approximate surface area is 141 Å². The molecule has 4 heteroatoms. The van der Waals surface area contributed by atoms with Crippen molar-refractivity contribution >= 4 is 29.3 Å². The van der Waals surface area contributed by atoms with E-state index < -0.39 is 0 Å². The van der Waals surface area contributed by atoms with Crippen molar-refractivity contribution in [2.75, 3.05) is 5.75 Å². The van der Waals surface area contributed by atoms with Crippen molar-refractivity contribution in [3.63, 3.8) is 0 Å². The first-order valence-corrected chi connectivity index (χ1v) is 8.71. The van der Waals surface area contributed by atoms with Gasteiger partial charge in [0, 0.05) is 16.0 Å². The maximum Gasteiger partial charge on any atom is 0.230 e. The predicted molar refractivity (Wildman–Crippen MR) is 94.5 cm³/mol. The highest BCUT2D eigenvalue weighted by molar-refractivity contribution is 8.00. The molecule has 2 aromatic rings. The van der Waals surface area contributed by atoms with Crippen molar-refractivity contribution in [1.82, 2.24) is 5.32 Å². The summed E-state index contributed by atoms with van der Waals surface area (Å²) in [6.07, 6.45) is 1.92. The molecule has 0 radical (unpaired) electrons. The summed E-state index contributed by atoms with van der Waals surface area (Å²) in [5, 5.41) is 3.76. The first-order valence-electron chi connectivity index (χ1n) is 7.35. The number of carbonyl (C=O) groups excluding carboxylic acids is 1. The summed E-state index contributed by atoms with van der Waals surface area (Å²) >= 11 is 7.36. The Bertz CT molecular complexity index is 586. The van der Waals surface area contributed by atoms with Crippen molar-refractivity contribution in [2.45, 2.75) is 30.7 Å². The minimum Gasteiger partial charge on any atom is -0.353 e. The van der Waals surface area contributed by atoms with Crippen LogP contribution in [0.3, 0.4) is 0 Å². The maximum absolute atomic E-state index is 11.9. The molecule has 0 heterocycles. The van der Waals surface area contributed by atoms with E-state index in [2.05, 4.69) is 17.4 Å². The highest BCUT2D eigenvalue weighted by atomic mass is 35.5. The molecule has 1 N–H and O–H groups in total. The van der Waals surface area contributed by atoms with Crippen LogP contribution in [0.25, 0.3) is 0 Å². The number of nitrogens with one attached hydrogen (secondary N) is 1. The van der Waals surface area contributed by atoms with Crippen LogP contribution in [0.4, 0.5) is 0 Å². The summed E-state index contributed by atoms with van der Waals surface area (Å²) in [5.74, 6) is 0.498. The van der Waals surface area contributed by atoms with Crippen LogP contribution in [0, 0.1) is 0 Å². The molecule has 2 nitrogen and oxygen atoms in total. The number of hydrogen-bond acceptors (Lipinski definition) is 2. The highest BCUT2D eigenvalue weighted by Crippen LogP contribution is 2.20. The van der Waals surface area contributed by atoms with Crippen LogP contribution in [-0.4, -0.2) is 17.7 Å². The molecule has 2 aromatic carbocycles. The summed E-state index contributed by atoms with van der Waals surface area (Å²) in [4.78, 5) is 13.0. The van der Waals surface area contributed by atoms with Gasteiger partial charge >= 0.3 is 0 Å². The number of halogens is 1. The van der Waals surface area contributed by atoms with E-state index in [1.54, 1.807) is 0 Å². The third-order valence-electron chi connectivity index (χ3n) is 3.30. The molecular weight excluding hydrogens is 314 g/mol. The molecule has 0 fully saturated rings. The Hall–Kier alpha value is -1.45. The van der Waals surface area contributed by atoms with E-state index in [1.165, 1.54) is 17.3 Å². The Morgan fingerprint density at radius 2 is 1.82 bits per heavy atom. The molecule has 1 atom stereocenters. The van der Waals surface area contributed by atoms with E-state index >= 15 is 0 Å². The first kappa shape index (κ1) is 16.9. The van der Waals surface area contributed by atoms with Gasteiger partial charge in [0.1, 0.15) is 0 Å². The standard InChI is InChI=1S/C18H20ClNOS/c1-14(7-8-15-5-3-2-4-6-15)20-18(21)13-22-17-11-9-16(19)10-12-17/h2-6,9-12,14H,7-8,13H2,1H3,(H,20,21)/t14-/m1/s1. The van der Waals surface area contributed by atoms with Crippen LogP contribution in [-0.2, 0) is 11.2 Å². The molecule has 1 amide bonds. The fraction of sp³-hybridized carbons (Fsp3) is 0.278. The van der Waals surface area contributed by atoms with Gasteiger partial charge in [0.15, 0.2) is 0 Å². The fourth-order valence-electron chi connectivity index (χ4n) is 2.10. The summed E-state index contributed by atoms with van der Waals surface area (Å²) in [6, 6.07) is 18.0. The largest absolute Gasteiger partial charge is 0.353 e. The van der Waals surface area contributed by atoms with E-state index in [-0.39, 0.29) is 11.9 Å². The summed E-state index contributed by atoms with van der Waals surface area (Å²) in [5.41, 5.74) is 1.30. The molecule has 0 aliphatic heterocycles. The van der Waals surface area contributed by atoms with E-state index in [4.69, 9.17) is 11.6 Å². The smallest absolute Gasteiger partial charge is 0.230 e. The molecule has 0 aliphatic carbocycles. The number of amides is 1. The van der Waals surface area contributed by atoms with Gasteiger partial charge in [0.25, 0.3) is 0 Å². The molecular formula is C18H20ClNOS. The van der Waals surface area contributed by atoms with Crippen molar-refractivity contribution in [2.24, 2.45) is 0 Å². The summed E-state index contributed by atoms with van der Waals surface area (Å²) < 4.78 is 0. The third-order valence-corrected chi connectivity index (χ3v) is 4.56. The topological polar surface area (TPSA) is 29.1 Å². The minimum absolute atomic E-state index is 0.0699. The molecule has 116 valence electrons. The zero-order valence-electron chi connectivity index (χ0n) is 12.6. The average Bonchev–Trinajstić information content (AvgIpc) is 2.53. The molecule has 0 spiro atoms. The summed E-state index contributed by atoms with van der Waals surface area (Å²) in [7, 11) is 0. The van der Waals surface area contributed by atoms with Crippen LogP contribution in [0.2, 0.25) is 5.02 Å². The van der Waals surface area contributed by atoms with Gasteiger partial charge in [-0.3, -0.25) is 4.79 Å². The lowest BCUT2D eigenvalue weighted by atomic mass is 10.1. The zero-order chi connectivity index (χ0) is 15.8. The van der Waals surface area contributed by atoms with E-state index in [1.807, 2.05) is 49.4 Å². The molecule has 2 rings (SSSR count). The monoisotopic (exact) mass is 333 g/mol. The lowest BCUT2D eigenvalue weighted by molar-refractivity contribution is -0.119. The van der Waals surface area contributed by atoms with Crippen molar-refractivity contribution < 1.29 is 4.79 Å². The summed E-state index contributed by atoms with van der Waals surface area (Å²) in [6.45, 7) is 2.05. The second kappa shape index (κ2) is 8.86. The molecule has 0 bridgehead atoms. The number of aryl methyl sites for hydroxylation is 1. The molecule has 0 saturated heterocycles. The predicted octanol–water partition coefficient (Wildman–Crippen LogP) is 4.57. The average molecular weight is 334 g/mol. The second-order valence-corrected chi connectivity index (χ2v) is 6.72. The lowest BCUT2D eigenvalue weighted by Gasteiger charge is -2.13. The SMILES string of the molecule is C[C@H](CCc1ccccc1)NC(=O)CSc1ccc(Cl)cc1. The Morgan fingerprint density at radius 3 is 2.50 bits per heavy atom. The van der Waals surface area contributed by atoms with Gasteiger partial charge in [0.2, 0.25) is 5.91 Å². The first-order chi connectivity index (χ1) is 10.6. The van der Waals surface area contributed by atoms with Crippen LogP contribution in [0.5, 0.6) is 0 Å². The number of carbonyl (C=O) groups is 1. The van der Waals surface area contributed by atoms with Crippen LogP contribution < -0.4 is 5.32 Å². The second-order valence-electron chi connectivity index (χ2n) is 5.24. The molecule has 0 aromatic heterocycles. The van der Waals surface area contributed by atoms with Crippen LogP contribution in [0.1, 0.15) is 18.9 Å². The van der Waals surface area contributed by atoms with Crippen LogP contribution in [0.15, 0.2) is 59.5 Å². The number of thioether (sulfide) groups is 1. The van der Waals surface area contributed by atoms with Crippen molar-refractivity contribution in [1.29, 1.82) is 0 Å². The van der Waals surface area contributed by atoms with E-state index in [0.717, 1.165) is 17.7 Å². The lowest BCUT2D eigenvalue weighted by Crippen LogP contribution is -2.34. The Balaban J connectivity index is 1.68. The maximum atomic E-state index is 11.9. The highest BCUT2D eigenvalue weighted by Gasteiger charge is 2.08. The van der Waals surface area contributed by atoms with E-state index in [0.29, 0.717) is 10.8 Å². The minimum atomic E-state index is 0.0699. The normalized spacial score (nSPS) is 11.9. The van der Waals surface area contributed by atoms with Gasteiger partial charge in [-0.1, -0.05) is 41.9 Å². The van der Waals surface area contributed by atoms with Gasteiger partial charge < -0.3 is 5.32 Å². The number of benzene rings is 2. The van der Waals surface area contributed by atoms with Gasteiger partial charge in [-0.25, -0.2) is 0 Å². The van der Waals surface area contributed by atoms with E-state index in [9.17, 15) is 4.79 Å². The van der Waals surface area contributed by atoms with Gasteiger partial charge in [-0.05, 0) is 49.6 Å². The fourth-order valence-corrected chi connectivity index (χ4v) is 2.93.